The molecule has 0 saturated carbocycles. The highest BCUT2D eigenvalue weighted by molar-refractivity contribution is 5.55. The van der Waals surface area contributed by atoms with Crippen LogP contribution >= 0.6 is 0 Å². The van der Waals surface area contributed by atoms with Crippen LogP contribution in [0.2, 0.25) is 0 Å². The summed E-state index contributed by atoms with van der Waals surface area (Å²) in [7, 11) is 0. The van der Waals surface area contributed by atoms with Crippen LogP contribution in [-0.2, 0) is 13.1 Å². The van der Waals surface area contributed by atoms with Gasteiger partial charge < -0.3 is 10.3 Å². The van der Waals surface area contributed by atoms with Crippen LogP contribution in [0.15, 0.2) is 18.6 Å². The fourth-order valence-electron chi connectivity index (χ4n) is 1.58. The van der Waals surface area contributed by atoms with E-state index < -0.39 is 0 Å². The first-order valence-electron chi connectivity index (χ1n) is 5.99. The summed E-state index contributed by atoms with van der Waals surface area (Å²) in [6.45, 7) is 7.96. The summed E-state index contributed by atoms with van der Waals surface area (Å²) in [6.07, 6.45) is 5.73. The van der Waals surface area contributed by atoms with E-state index in [0.29, 0.717) is 6.04 Å². The van der Waals surface area contributed by atoms with Gasteiger partial charge in [0.05, 0.1) is 24.6 Å². The van der Waals surface area contributed by atoms with Crippen LogP contribution in [0.4, 0.5) is 0 Å². The SMILES string of the molecule is CCn1cc(-c2cnc(CNC(C)C)[nH]2)cn1. The summed E-state index contributed by atoms with van der Waals surface area (Å²) < 4.78 is 1.90. The van der Waals surface area contributed by atoms with Crippen molar-refractivity contribution in [3.05, 3.63) is 24.4 Å². The molecule has 0 aliphatic rings. The first-order chi connectivity index (χ1) is 8.19. The number of aromatic nitrogens is 4. The number of aromatic amines is 1. The zero-order valence-corrected chi connectivity index (χ0v) is 10.6. The normalized spacial score (nSPS) is 11.3. The fourth-order valence-corrected chi connectivity index (χ4v) is 1.58. The molecule has 0 fully saturated rings. The monoisotopic (exact) mass is 233 g/mol. The molecule has 0 atom stereocenters. The van der Waals surface area contributed by atoms with Crippen LogP contribution < -0.4 is 5.32 Å². The summed E-state index contributed by atoms with van der Waals surface area (Å²) in [5.41, 5.74) is 2.10. The number of nitrogens with one attached hydrogen (secondary N) is 2. The molecule has 2 aromatic rings. The smallest absolute Gasteiger partial charge is 0.120 e. The summed E-state index contributed by atoms with van der Waals surface area (Å²) >= 11 is 0. The number of nitrogens with zero attached hydrogens (tertiary/aromatic N) is 3. The van der Waals surface area contributed by atoms with Crippen molar-refractivity contribution in [1.82, 2.24) is 25.1 Å². The van der Waals surface area contributed by atoms with E-state index in [1.165, 1.54) is 0 Å². The van der Waals surface area contributed by atoms with E-state index in [9.17, 15) is 0 Å². The minimum Gasteiger partial charge on any atom is -0.341 e. The predicted molar refractivity (Wildman–Crippen MR) is 67.5 cm³/mol. The summed E-state index contributed by atoms with van der Waals surface area (Å²) in [5, 5.41) is 7.58. The average Bonchev–Trinajstić information content (AvgIpc) is 2.94. The molecule has 17 heavy (non-hydrogen) atoms. The van der Waals surface area contributed by atoms with Crippen LogP contribution in [-0.4, -0.2) is 25.8 Å². The van der Waals surface area contributed by atoms with Crippen molar-refractivity contribution in [3.63, 3.8) is 0 Å². The topological polar surface area (TPSA) is 58.5 Å². The lowest BCUT2D eigenvalue weighted by Crippen LogP contribution is -2.22. The van der Waals surface area contributed by atoms with Crippen LogP contribution in [0.25, 0.3) is 11.3 Å². The summed E-state index contributed by atoms with van der Waals surface area (Å²) in [6, 6.07) is 0.464. The van der Waals surface area contributed by atoms with Crippen LogP contribution in [0.1, 0.15) is 26.6 Å². The van der Waals surface area contributed by atoms with E-state index >= 15 is 0 Å². The van der Waals surface area contributed by atoms with Crippen molar-refractivity contribution in [2.75, 3.05) is 0 Å². The van der Waals surface area contributed by atoms with Gasteiger partial charge in [-0.1, -0.05) is 13.8 Å². The molecule has 2 rings (SSSR count). The first-order valence-corrected chi connectivity index (χ1v) is 5.99. The Morgan fingerprint density at radius 3 is 2.88 bits per heavy atom. The Hall–Kier alpha value is -1.62. The number of H-pyrrole nitrogens is 1. The maximum absolute atomic E-state index is 4.34. The Morgan fingerprint density at radius 2 is 2.24 bits per heavy atom. The number of imidazole rings is 1. The lowest BCUT2D eigenvalue weighted by molar-refractivity contribution is 0.575. The third kappa shape index (κ3) is 2.94. The van der Waals surface area contributed by atoms with Gasteiger partial charge in [0.2, 0.25) is 0 Å². The molecular weight excluding hydrogens is 214 g/mol. The van der Waals surface area contributed by atoms with Gasteiger partial charge in [-0.3, -0.25) is 4.68 Å². The zero-order valence-electron chi connectivity index (χ0n) is 10.6. The highest BCUT2D eigenvalue weighted by Crippen LogP contribution is 2.15. The van der Waals surface area contributed by atoms with Crippen LogP contribution in [0.5, 0.6) is 0 Å². The van der Waals surface area contributed by atoms with Gasteiger partial charge in [-0.25, -0.2) is 4.98 Å². The molecule has 2 aromatic heterocycles. The van der Waals surface area contributed by atoms with Crippen molar-refractivity contribution >= 4 is 0 Å². The first kappa shape index (κ1) is 11.9. The summed E-state index contributed by atoms with van der Waals surface area (Å²) in [5.74, 6) is 0.956. The molecule has 0 unspecified atom stereocenters. The van der Waals surface area contributed by atoms with Gasteiger partial charge in [-0.15, -0.1) is 0 Å². The molecule has 2 heterocycles. The second-order valence-corrected chi connectivity index (χ2v) is 4.36. The number of aryl methyl sites for hydroxylation is 1. The third-order valence-electron chi connectivity index (χ3n) is 2.57. The number of rotatable bonds is 5. The molecule has 0 aromatic carbocycles. The largest absolute Gasteiger partial charge is 0.341 e. The lowest BCUT2D eigenvalue weighted by atomic mass is 10.3. The van der Waals surface area contributed by atoms with Crippen LogP contribution in [0, 0.1) is 0 Å². The van der Waals surface area contributed by atoms with Crippen molar-refractivity contribution in [2.45, 2.75) is 39.9 Å². The molecule has 0 bridgehead atoms. The molecule has 5 nitrogen and oxygen atoms in total. The van der Waals surface area contributed by atoms with Gasteiger partial charge in [-0.05, 0) is 6.92 Å². The lowest BCUT2D eigenvalue weighted by Gasteiger charge is -2.04. The summed E-state index contributed by atoms with van der Waals surface area (Å²) in [4.78, 5) is 7.64. The zero-order chi connectivity index (χ0) is 12.3. The minimum atomic E-state index is 0.464. The Balaban J connectivity index is 2.07. The molecule has 5 heteroatoms. The van der Waals surface area contributed by atoms with Gasteiger partial charge in [0, 0.05) is 24.3 Å². The second-order valence-electron chi connectivity index (χ2n) is 4.36. The molecule has 0 aliphatic heterocycles. The average molecular weight is 233 g/mol. The maximum Gasteiger partial charge on any atom is 0.120 e. The highest BCUT2D eigenvalue weighted by atomic mass is 15.3. The molecular formula is C12H19N5. The van der Waals surface area contributed by atoms with Gasteiger partial charge in [0.25, 0.3) is 0 Å². The van der Waals surface area contributed by atoms with Crippen molar-refractivity contribution < 1.29 is 0 Å². The van der Waals surface area contributed by atoms with E-state index in [1.807, 2.05) is 23.3 Å². The Labute approximate surface area is 101 Å². The quantitative estimate of drug-likeness (QED) is 0.827. The van der Waals surface area contributed by atoms with E-state index in [-0.39, 0.29) is 0 Å². The fraction of sp³-hybridized carbons (Fsp3) is 0.500. The predicted octanol–water partition coefficient (Wildman–Crippen LogP) is 1.79. The second kappa shape index (κ2) is 5.14. The molecule has 2 N–H and O–H groups in total. The third-order valence-corrected chi connectivity index (χ3v) is 2.57. The van der Waals surface area contributed by atoms with Gasteiger partial charge in [0.1, 0.15) is 5.82 Å². The van der Waals surface area contributed by atoms with Gasteiger partial charge in [0.15, 0.2) is 0 Å². The molecule has 0 aliphatic carbocycles. The molecule has 0 radical (unpaired) electrons. The van der Waals surface area contributed by atoms with E-state index in [0.717, 1.165) is 30.2 Å². The number of hydrogen-bond acceptors (Lipinski definition) is 3. The van der Waals surface area contributed by atoms with Gasteiger partial charge in [-0.2, -0.15) is 5.10 Å². The highest BCUT2D eigenvalue weighted by Gasteiger charge is 2.05. The van der Waals surface area contributed by atoms with Gasteiger partial charge >= 0.3 is 0 Å². The van der Waals surface area contributed by atoms with Crippen molar-refractivity contribution in [1.29, 1.82) is 0 Å². The minimum absolute atomic E-state index is 0.464. The molecule has 0 saturated heterocycles. The van der Waals surface area contributed by atoms with Crippen molar-refractivity contribution in [2.24, 2.45) is 0 Å². The molecule has 0 spiro atoms. The standard InChI is InChI=1S/C12H19N5/c1-4-17-8-10(5-15-17)11-6-14-12(16-11)7-13-9(2)3/h5-6,8-9,13H,4,7H2,1-3H3,(H,14,16). The Kier molecular flexibility index (Phi) is 3.58. The van der Waals surface area contributed by atoms with E-state index in [4.69, 9.17) is 0 Å². The Bertz CT molecular complexity index is 469. The number of hydrogen-bond donors (Lipinski definition) is 2. The van der Waals surface area contributed by atoms with E-state index in [1.54, 1.807) is 0 Å². The molecule has 0 amide bonds. The Morgan fingerprint density at radius 1 is 1.41 bits per heavy atom. The van der Waals surface area contributed by atoms with Crippen molar-refractivity contribution in [3.8, 4) is 11.3 Å². The van der Waals surface area contributed by atoms with Crippen LogP contribution in [0.3, 0.4) is 0 Å². The maximum atomic E-state index is 4.34. The van der Waals surface area contributed by atoms with E-state index in [2.05, 4.69) is 41.2 Å². The molecule has 92 valence electrons.